The van der Waals surface area contributed by atoms with Crippen LogP contribution in [0.25, 0.3) is 5.65 Å². The van der Waals surface area contributed by atoms with Crippen LogP contribution in [0.3, 0.4) is 0 Å². The fourth-order valence-corrected chi connectivity index (χ4v) is 1.57. The fourth-order valence-electron chi connectivity index (χ4n) is 1.57. The Balaban J connectivity index is 2.78. The number of rotatable bonds is 1. The van der Waals surface area contributed by atoms with Crippen molar-refractivity contribution in [1.82, 2.24) is 9.38 Å². The molecule has 0 saturated carbocycles. The van der Waals surface area contributed by atoms with Gasteiger partial charge in [-0.25, -0.2) is 4.98 Å². The van der Waals surface area contributed by atoms with E-state index in [0.717, 1.165) is 10.5 Å². The van der Waals surface area contributed by atoms with Crippen LogP contribution in [-0.2, 0) is 6.18 Å². The molecule has 0 radical (unpaired) electrons. The first-order chi connectivity index (χ1) is 7.95. The van der Waals surface area contributed by atoms with E-state index >= 15 is 0 Å². The number of nitriles is 1. The van der Waals surface area contributed by atoms with Crippen molar-refractivity contribution in [1.29, 1.82) is 5.26 Å². The van der Waals surface area contributed by atoms with Crippen LogP contribution >= 0.6 is 0 Å². The Morgan fingerprint density at radius 3 is 2.71 bits per heavy atom. The van der Waals surface area contributed by atoms with E-state index < -0.39 is 17.9 Å². The van der Waals surface area contributed by atoms with Crippen molar-refractivity contribution in [3.05, 3.63) is 35.8 Å². The van der Waals surface area contributed by atoms with E-state index in [1.165, 1.54) is 18.3 Å². The zero-order valence-electron chi connectivity index (χ0n) is 8.44. The average molecular weight is 240 g/mol. The van der Waals surface area contributed by atoms with Gasteiger partial charge < -0.3 is 5.73 Å². The Morgan fingerprint density at radius 1 is 1.41 bits per heavy atom. The minimum Gasteiger partial charge on any atom is -0.311 e. The van der Waals surface area contributed by atoms with E-state index in [1.54, 1.807) is 6.07 Å². The molecule has 2 rings (SSSR count). The Kier molecular flexibility index (Phi) is 2.52. The minimum atomic E-state index is -4.52. The lowest BCUT2D eigenvalue weighted by Crippen LogP contribution is -2.16. The van der Waals surface area contributed by atoms with Gasteiger partial charge in [0.1, 0.15) is 17.4 Å². The monoisotopic (exact) mass is 240 g/mol. The molecule has 0 saturated heterocycles. The van der Waals surface area contributed by atoms with Crippen LogP contribution in [0.4, 0.5) is 13.2 Å². The number of hydrogen-bond acceptors (Lipinski definition) is 3. The van der Waals surface area contributed by atoms with Gasteiger partial charge in [-0.3, -0.25) is 4.40 Å². The molecular weight excluding hydrogens is 233 g/mol. The molecule has 0 bridgehead atoms. The SMILES string of the molecule is N#CC(N)c1cnc2cccc(C(F)(F)F)n12. The molecule has 0 aliphatic rings. The quantitative estimate of drug-likeness (QED) is 0.827. The van der Waals surface area contributed by atoms with Gasteiger partial charge in [0.15, 0.2) is 0 Å². The van der Waals surface area contributed by atoms with Crippen LogP contribution in [-0.4, -0.2) is 9.38 Å². The van der Waals surface area contributed by atoms with E-state index in [1.807, 2.05) is 0 Å². The Hall–Kier alpha value is -2.07. The second kappa shape index (κ2) is 3.75. The third-order valence-corrected chi connectivity index (χ3v) is 2.30. The molecule has 88 valence electrons. The van der Waals surface area contributed by atoms with Gasteiger partial charge in [-0.15, -0.1) is 0 Å². The molecule has 0 aromatic carbocycles. The maximum atomic E-state index is 12.8. The summed E-state index contributed by atoms with van der Waals surface area (Å²) in [7, 11) is 0. The summed E-state index contributed by atoms with van der Waals surface area (Å²) < 4.78 is 39.2. The zero-order valence-corrected chi connectivity index (χ0v) is 8.44. The number of alkyl halides is 3. The number of aromatic nitrogens is 2. The summed E-state index contributed by atoms with van der Waals surface area (Å²) in [4.78, 5) is 3.79. The molecule has 7 heteroatoms. The Morgan fingerprint density at radius 2 is 2.12 bits per heavy atom. The summed E-state index contributed by atoms with van der Waals surface area (Å²) in [5.74, 6) is 0. The molecule has 1 unspecified atom stereocenters. The minimum absolute atomic E-state index is 0.0235. The molecule has 2 aromatic heterocycles. The highest BCUT2D eigenvalue weighted by Crippen LogP contribution is 2.31. The van der Waals surface area contributed by atoms with E-state index in [9.17, 15) is 13.2 Å². The van der Waals surface area contributed by atoms with Crippen molar-refractivity contribution in [2.24, 2.45) is 5.73 Å². The molecule has 17 heavy (non-hydrogen) atoms. The lowest BCUT2D eigenvalue weighted by Gasteiger charge is -2.12. The maximum Gasteiger partial charge on any atom is 0.431 e. The van der Waals surface area contributed by atoms with E-state index in [0.29, 0.717) is 0 Å². The molecule has 2 aromatic rings. The van der Waals surface area contributed by atoms with E-state index in [4.69, 9.17) is 11.0 Å². The highest BCUT2D eigenvalue weighted by atomic mass is 19.4. The van der Waals surface area contributed by atoms with Crippen molar-refractivity contribution < 1.29 is 13.2 Å². The van der Waals surface area contributed by atoms with Crippen molar-refractivity contribution in [2.75, 3.05) is 0 Å². The highest BCUT2D eigenvalue weighted by Gasteiger charge is 2.34. The highest BCUT2D eigenvalue weighted by molar-refractivity contribution is 5.44. The molecule has 0 spiro atoms. The lowest BCUT2D eigenvalue weighted by atomic mass is 10.2. The second-order valence-corrected chi connectivity index (χ2v) is 3.39. The number of fused-ring (bicyclic) bond motifs is 1. The predicted molar refractivity (Wildman–Crippen MR) is 52.7 cm³/mol. The van der Waals surface area contributed by atoms with Gasteiger partial charge >= 0.3 is 6.18 Å². The van der Waals surface area contributed by atoms with Crippen LogP contribution < -0.4 is 5.73 Å². The van der Waals surface area contributed by atoms with Crippen LogP contribution in [0.15, 0.2) is 24.4 Å². The summed E-state index contributed by atoms with van der Waals surface area (Å²) >= 11 is 0. The molecule has 2 heterocycles. The molecule has 0 fully saturated rings. The number of halogens is 3. The largest absolute Gasteiger partial charge is 0.431 e. The topological polar surface area (TPSA) is 67.1 Å². The number of nitrogens with two attached hydrogens (primary N) is 1. The summed E-state index contributed by atoms with van der Waals surface area (Å²) in [5, 5.41) is 8.66. The van der Waals surface area contributed by atoms with Gasteiger partial charge in [-0.05, 0) is 12.1 Å². The molecule has 0 aliphatic carbocycles. The first-order valence-corrected chi connectivity index (χ1v) is 4.64. The number of nitrogens with zero attached hydrogens (tertiary/aromatic N) is 3. The van der Waals surface area contributed by atoms with Crippen molar-refractivity contribution in [2.45, 2.75) is 12.2 Å². The van der Waals surface area contributed by atoms with Gasteiger partial charge in [0, 0.05) is 0 Å². The van der Waals surface area contributed by atoms with Gasteiger partial charge in [-0.2, -0.15) is 18.4 Å². The molecule has 0 amide bonds. The van der Waals surface area contributed by atoms with E-state index in [-0.39, 0.29) is 11.3 Å². The number of hydrogen-bond donors (Lipinski definition) is 1. The third kappa shape index (κ3) is 1.83. The van der Waals surface area contributed by atoms with Gasteiger partial charge in [-0.1, -0.05) is 6.07 Å². The van der Waals surface area contributed by atoms with Crippen LogP contribution in [0, 0.1) is 11.3 Å². The Labute approximate surface area is 94.1 Å². The van der Waals surface area contributed by atoms with Gasteiger partial charge in [0.25, 0.3) is 0 Å². The lowest BCUT2D eigenvalue weighted by molar-refractivity contribution is -0.142. The smallest absolute Gasteiger partial charge is 0.311 e. The molecular formula is C10H7F3N4. The fraction of sp³-hybridized carbons (Fsp3) is 0.200. The first kappa shape index (κ1) is 11.4. The average Bonchev–Trinajstić information content (AvgIpc) is 2.70. The standard InChI is InChI=1S/C10H7F3N4/c11-10(12,13)8-2-1-3-9-16-5-7(17(8)9)6(15)4-14/h1-3,5-6H,15H2. The normalized spacial score (nSPS) is 13.6. The zero-order chi connectivity index (χ0) is 12.6. The third-order valence-electron chi connectivity index (χ3n) is 2.30. The van der Waals surface area contributed by atoms with Crippen molar-refractivity contribution >= 4 is 5.65 Å². The van der Waals surface area contributed by atoms with E-state index in [2.05, 4.69) is 4.98 Å². The summed E-state index contributed by atoms with van der Waals surface area (Å²) in [6, 6.07) is 4.14. The molecule has 4 nitrogen and oxygen atoms in total. The number of pyridine rings is 1. The Bertz CT molecular complexity index is 594. The van der Waals surface area contributed by atoms with Crippen LogP contribution in [0.2, 0.25) is 0 Å². The summed E-state index contributed by atoms with van der Waals surface area (Å²) in [6.45, 7) is 0. The van der Waals surface area contributed by atoms with Gasteiger partial charge in [0.2, 0.25) is 0 Å². The van der Waals surface area contributed by atoms with Crippen LogP contribution in [0.5, 0.6) is 0 Å². The molecule has 0 aliphatic heterocycles. The second-order valence-electron chi connectivity index (χ2n) is 3.39. The van der Waals surface area contributed by atoms with Crippen molar-refractivity contribution in [3.8, 4) is 6.07 Å². The van der Waals surface area contributed by atoms with Gasteiger partial charge in [0.05, 0.1) is 18.0 Å². The van der Waals surface area contributed by atoms with Crippen molar-refractivity contribution in [3.63, 3.8) is 0 Å². The van der Waals surface area contributed by atoms with Crippen LogP contribution in [0.1, 0.15) is 17.4 Å². The molecule has 1 atom stereocenters. The first-order valence-electron chi connectivity index (χ1n) is 4.64. The summed E-state index contributed by atoms with van der Waals surface area (Å²) in [5.41, 5.74) is 4.67. The molecule has 2 N–H and O–H groups in total. The number of imidazole rings is 1. The maximum absolute atomic E-state index is 12.8. The summed E-state index contributed by atoms with van der Waals surface area (Å²) in [6.07, 6.45) is -3.34. The predicted octanol–water partition coefficient (Wildman–Crippen LogP) is 1.88.